The maximum Gasteiger partial charge on any atom is 0.267 e. The summed E-state index contributed by atoms with van der Waals surface area (Å²) in [6.45, 7) is 1.92. The highest BCUT2D eigenvalue weighted by molar-refractivity contribution is 9.10. The van der Waals surface area contributed by atoms with Gasteiger partial charge in [-0.2, -0.15) is 5.10 Å². The van der Waals surface area contributed by atoms with Crippen LogP contribution in [0, 0.1) is 6.92 Å². The quantitative estimate of drug-likeness (QED) is 0.573. The summed E-state index contributed by atoms with van der Waals surface area (Å²) < 4.78 is 30.7. The lowest BCUT2D eigenvalue weighted by Crippen LogP contribution is -2.49. The van der Waals surface area contributed by atoms with Crippen molar-refractivity contribution in [2.75, 3.05) is 0 Å². The summed E-state index contributed by atoms with van der Waals surface area (Å²) in [5.74, 6) is -3.26. The number of nitrogens with one attached hydrogen (secondary N) is 1. The fourth-order valence-corrected chi connectivity index (χ4v) is 4.79. The Hall–Kier alpha value is -1.80. The van der Waals surface area contributed by atoms with Gasteiger partial charge in [0.15, 0.2) is 0 Å². The molecule has 0 saturated heterocycles. The molecule has 1 amide bonds. The van der Waals surface area contributed by atoms with Gasteiger partial charge in [0.1, 0.15) is 0 Å². The number of rotatable bonds is 3. The van der Waals surface area contributed by atoms with Crippen LogP contribution in [0.4, 0.5) is 8.78 Å². The summed E-state index contributed by atoms with van der Waals surface area (Å²) in [6.07, 6.45) is 5.00. The zero-order chi connectivity index (χ0) is 19.2. The molecule has 8 heteroatoms. The number of carbonyl (C=O) groups excluding carboxylic acids is 1. The molecule has 0 bridgehead atoms. The minimum atomic E-state index is -2.83. The topological polar surface area (TPSA) is 46.4 Å². The van der Waals surface area contributed by atoms with E-state index in [9.17, 15) is 13.6 Å². The van der Waals surface area contributed by atoms with Gasteiger partial charge >= 0.3 is 0 Å². The highest BCUT2D eigenvalue weighted by atomic mass is 79.9. The van der Waals surface area contributed by atoms with Gasteiger partial charge in [0.2, 0.25) is 0 Å². The lowest BCUT2D eigenvalue weighted by Gasteiger charge is -2.31. The third-order valence-electron chi connectivity index (χ3n) is 4.98. The average molecular weight is 454 g/mol. The zero-order valence-electron chi connectivity index (χ0n) is 14.6. The first-order chi connectivity index (χ1) is 12.8. The molecule has 4 nitrogen and oxygen atoms in total. The highest BCUT2D eigenvalue weighted by Crippen LogP contribution is 2.36. The van der Waals surface area contributed by atoms with Crippen molar-refractivity contribution < 1.29 is 13.6 Å². The molecule has 1 aliphatic carbocycles. The van der Waals surface area contributed by atoms with E-state index in [1.54, 1.807) is 16.8 Å². The van der Waals surface area contributed by atoms with Crippen molar-refractivity contribution in [3.8, 4) is 11.1 Å². The molecule has 0 aromatic carbocycles. The van der Waals surface area contributed by atoms with Crippen LogP contribution in [-0.4, -0.2) is 27.5 Å². The van der Waals surface area contributed by atoms with E-state index in [2.05, 4.69) is 26.3 Å². The monoisotopic (exact) mass is 453 g/mol. The molecular weight excluding hydrogens is 436 g/mol. The summed E-state index contributed by atoms with van der Waals surface area (Å²) in [6, 6.07) is 4.57. The van der Waals surface area contributed by atoms with Crippen LogP contribution in [0.25, 0.3) is 16.6 Å². The van der Waals surface area contributed by atoms with E-state index >= 15 is 0 Å². The van der Waals surface area contributed by atoms with Crippen molar-refractivity contribution in [2.24, 2.45) is 0 Å². The fourth-order valence-electron chi connectivity index (χ4n) is 3.53. The molecule has 1 N–H and O–H groups in total. The number of pyridine rings is 1. The second kappa shape index (κ2) is 6.98. The number of halogens is 3. The van der Waals surface area contributed by atoms with Crippen molar-refractivity contribution in [1.82, 2.24) is 14.9 Å². The van der Waals surface area contributed by atoms with Crippen molar-refractivity contribution in [1.29, 1.82) is 0 Å². The maximum atomic E-state index is 14.0. The molecule has 1 saturated carbocycles. The Morgan fingerprint density at radius 1 is 1.37 bits per heavy atom. The number of hydrogen-bond acceptors (Lipinski definition) is 3. The number of thiophene rings is 1. The summed E-state index contributed by atoms with van der Waals surface area (Å²) in [7, 11) is 0. The molecular formula is C19H18BrF2N3OS. The normalized spacial score (nSPS) is 19.3. The number of nitrogens with zero attached hydrogens (tertiary/aromatic N) is 2. The largest absolute Gasteiger partial charge is 0.343 e. The molecule has 27 heavy (non-hydrogen) atoms. The van der Waals surface area contributed by atoms with E-state index < -0.39 is 17.9 Å². The van der Waals surface area contributed by atoms with Gasteiger partial charge in [0.05, 0.1) is 22.6 Å². The highest BCUT2D eigenvalue weighted by Gasteiger charge is 2.42. The van der Waals surface area contributed by atoms with Gasteiger partial charge < -0.3 is 5.32 Å². The Morgan fingerprint density at radius 3 is 2.96 bits per heavy atom. The Kier molecular flexibility index (Phi) is 4.80. The van der Waals surface area contributed by atoms with Crippen molar-refractivity contribution in [3.05, 3.63) is 44.8 Å². The molecule has 1 atom stereocenters. The minimum Gasteiger partial charge on any atom is -0.343 e. The molecule has 3 aromatic rings. The lowest BCUT2D eigenvalue weighted by molar-refractivity contribution is -0.0608. The first kappa shape index (κ1) is 18.6. The molecule has 0 spiro atoms. The van der Waals surface area contributed by atoms with Crippen LogP contribution in [0.1, 0.15) is 40.2 Å². The van der Waals surface area contributed by atoms with E-state index in [-0.39, 0.29) is 6.42 Å². The second-order valence-electron chi connectivity index (χ2n) is 6.85. The molecule has 0 aliphatic heterocycles. The standard InChI is InChI=1S/C19H18BrF2N3OS/c1-11-13(14-9-23-25-10-12(20)5-6-15(14)25)8-16(27-11)18(26)24-17-4-2-3-7-19(17,21)22/h5-6,8-10,17H,2-4,7H2,1H3,(H,24,26)/t17-/m1/s1. The molecule has 142 valence electrons. The van der Waals surface area contributed by atoms with Gasteiger partial charge in [-0.1, -0.05) is 6.42 Å². The van der Waals surface area contributed by atoms with E-state index in [0.29, 0.717) is 24.1 Å². The number of fused-ring (bicyclic) bond motifs is 1. The molecule has 4 rings (SSSR count). The van der Waals surface area contributed by atoms with E-state index in [4.69, 9.17) is 0 Å². The first-order valence-corrected chi connectivity index (χ1v) is 10.4. The van der Waals surface area contributed by atoms with Crippen molar-refractivity contribution >= 4 is 38.7 Å². The molecule has 0 unspecified atom stereocenters. The first-order valence-electron chi connectivity index (χ1n) is 8.77. The Balaban J connectivity index is 1.62. The number of aromatic nitrogens is 2. The second-order valence-corrected chi connectivity index (χ2v) is 9.02. The third kappa shape index (κ3) is 3.52. The number of hydrogen-bond donors (Lipinski definition) is 1. The number of aryl methyl sites for hydroxylation is 1. The van der Waals surface area contributed by atoms with Crippen LogP contribution in [-0.2, 0) is 0 Å². The van der Waals surface area contributed by atoms with Crippen LogP contribution in [0.3, 0.4) is 0 Å². The number of carbonyl (C=O) groups is 1. The van der Waals surface area contributed by atoms with Crippen LogP contribution in [0.5, 0.6) is 0 Å². The summed E-state index contributed by atoms with van der Waals surface area (Å²) in [5.41, 5.74) is 2.74. The Bertz CT molecular complexity index is 1010. The van der Waals surface area contributed by atoms with Crippen LogP contribution >= 0.6 is 27.3 Å². The minimum absolute atomic E-state index is 0.162. The lowest BCUT2D eigenvalue weighted by atomic mass is 9.91. The Morgan fingerprint density at radius 2 is 2.19 bits per heavy atom. The fraction of sp³-hybridized carbons (Fsp3) is 0.368. The number of alkyl halides is 2. The Labute approximate surface area is 167 Å². The van der Waals surface area contributed by atoms with Crippen molar-refractivity contribution in [3.63, 3.8) is 0 Å². The van der Waals surface area contributed by atoms with E-state index in [0.717, 1.165) is 26.0 Å². The summed E-state index contributed by atoms with van der Waals surface area (Å²) in [5, 5.41) is 6.91. The van der Waals surface area contributed by atoms with E-state index in [1.165, 1.54) is 11.3 Å². The summed E-state index contributed by atoms with van der Waals surface area (Å²) in [4.78, 5) is 14.0. The third-order valence-corrected chi connectivity index (χ3v) is 6.50. The molecule has 3 heterocycles. The predicted octanol–water partition coefficient (Wildman–Crippen LogP) is 5.44. The smallest absolute Gasteiger partial charge is 0.267 e. The van der Waals surface area contributed by atoms with Gasteiger partial charge in [0.25, 0.3) is 11.8 Å². The van der Waals surface area contributed by atoms with Gasteiger partial charge in [-0.3, -0.25) is 4.79 Å². The van der Waals surface area contributed by atoms with Crippen LogP contribution in [0.2, 0.25) is 0 Å². The van der Waals surface area contributed by atoms with Crippen LogP contribution < -0.4 is 5.32 Å². The summed E-state index contributed by atoms with van der Waals surface area (Å²) >= 11 is 4.74. The van der Waals surface area contributed by atoms with Gasteiger partial charge in [-0.05, 0) is 59.5 Å². The molecule has 0 radical (unpaired) electrons. The predicted molar refractivity (Wildman–Crippen MR) is 106 cm³/mol. The van der Waals surface area contributed by atoms with Gasteiger partial charge in [0, 0.05) is 27.5 Å². The maximum absolute atomic E-state index is 14.0. The van der Waals surface area contributed by atoms with Gasteiger partial charge in [-0.25, -0.2) is 13.3 Å². The average Bonchev–Trinajstić information content (AvgIpc) is 3.19. The molecule has 3 aromatic heterocycles. The van der Waals surface area contributed by atoms with Crippen LogP contribution in [0.15, 0.2) is 35.1 Å². The zero-order valence-corrected chi connectivity index (χ0v) is 17.0. The molecule has 1 fully saturated rings. The SMILES string of the molecule is Cc1sc(C(=O)N[C@@H]2CCCCC2(F)F)cc1-c1cnn2cc(Br)ccc12. The van der Waals surface area contributed by atoms with E-state index in [1.807, 2.05) is 25.3 Å². The molecule has 1 aliphatic rings. The van der Waals surface area contributed by atoms with Gasteiger partial charge in [-0.15, -0.1) is 11.3 Å². The number of amides is 1. The van der Waals surface area contributed by atoms with Crippen molar-refractivity contribution in [2.45, 2.75) is 44.6 Å².